The number of hydrogen-bond donors (Lipinski definition) is 2. The fourth-order valence-electron chi connectivity index (χ4n) is 2.58. The van der Waals surface area contributed by atoms with Crippen LogP contribution in [0.5, 0.6) is 5.75 Å². The fraction of sp³-hybridized carbons (Fsp3) is 0.400. The first-order valence-electron chi connectivity index (χ1n) is 6.90. The van der Waals surface area contributed by atoms with Gasteiger partial charge in [-0.2, -0.15) is 0 Å². The van der Waals surface area contributed by atoms with E-state index in [0.717, 1.165) is 30.0 Å². The highest BCUT2D eigenvalue weighted by atomic mass is 19.1. The van der Waals surface area contributed by atoms with E-state index in [0.29, 0.717) is 0 Å². The Kier molecular flexibility index (Phi) is 3.69. The van der Waals surface area contributed by atoms with Gasteiger partial charge in [0.05, 0.1) is 25.0 Å². The highest BCUT2D eigenvalue weighted by Gasteiger charge is 2.18. The third-order valence-electron chi connectivity index (χ3n) is 3.70. The number of nitrogens with zero attached hydrogens (tertiary/aromatic N) is 1. The fourth-order valence-corrected chi connectivity index (χ4v) is 2.58. The number of rotatable bonds is 3. The Bertz CT molecular complexity index is 591. The van der Waals surface area contributed by atoms with E-state index in [1.165, 1.54) is 26.0 Å². The van der Waals surface area contributed by atoms with Crippen molar-refractivity contribution in [1.29, 1.82) is 0 Å². The molecule has 20 heavy (non-hydrogen) atoms. The van der Waals surface area contributed by atoms with Gasteiger partial charge in [-0.15, -0.1) is 0 Å². The Balaban J connectivity index is 1.84. The molecule has 2 N–H and O–H groups in total. The van der Waals surface area contributed by atoms with Crippen LogP contribution in [0.3, 0.4) is 0 Å². The number of nitrogens with one attached hydrogen (secondary N) is 2. The Morgan fingerprint density at radius 3 is 2.95 bits per heavy atom. The summed E-state index contributed by atoms with van der Waals surface area (Å²) in [4.78, 5) is 7.70. The quantitative estimate of drug-likeness (QED) is 0.905. The number of imidazole rings is 1. The molecule has 1 aromatic carbocycles. The van der Waals surface area contributed by atoms with E-state index in [9.17, 15) is 4.39 Å². The van der Waals surface area contributed by atoms with Crippen LogP contribution in [0.25, 0.3) is 11.3 Å². The summed E-state index contributed by atoms with van der Waals surface area (Å²) in [6.07, 6.45) is 5.27. The molecule has 1 saturated heterocycles. The molecular formula is C15H18FN3O. The molecule has 2 aromatic rings. The van der Waals surface area contributed by atoms with Crippen molar-refractivity contribution in [3.8, 4) is 17.0 Å². The third kappa shape index (κ3) is 2.54. The summed E-state index contributed by atoms with van der Waals surface area (Å²) in [6, 6.07) is 5.20. The van der Waals surface area contributed by atoms with Crippen LogP contribution >= 0.6 is 0 Å². The van der Waals surface area contributed by atoms with Gasteiger partial charge < -0.3 is 15.0 Å². The van der Waals surface area contributed by atoms with E-state index in [1.807, 2.05) is 6.07 Å². The summed E-state index contributed by atoms with van der Waals surface area (Å²) in [7, 11) is 1.46. The van der Waals surface area contributed by atoms with Crippen LogP contribution in [-0.4, -0.2) is 23.6 Å². The first kappa shape index (κ1) is 13.1. The second-order valence-electron chi connectivity index (χ2n) is 5.03. The van der Waals surface area contributed by atoms with Crippen molar-refractivity contribution in [3.63, 3.8) is 0 Å². The van der Waals surface area contributed by atoms with Gasteiger partial charge in [0.1, 0.15) is 5.82 Å². The van der Waals surface area contributed by atoms with Crippen molar-refractivity contribution in [1.82, 2.24) is 15.3 Å². The van der Waals surface area contributed by atoms with Crippen molar-refractivity contribution in [2.75, 3.05) is 13.7 Å². The number of benzene rings is 1. The number of hydrogen-bond acceptors (Lipinski definition) is 3. The number of methoxy groups -OCH3 is 1. The topological polar surface area (TPSA) is 49.9 Å². The predicted molar refractivity (Wildman–Crippen MR) is 75.1 cm³/mol. The van der Waals surface area contributed by atoms with Crippen LogP contribution < -0.4 is 10.1 Å². The normalized spacial score (nSPS) is 19.0. The van der Waals surface area contributed by atoms with E-state index < -0.39 is 0 Å². The molecule has 4 nitrogen and oxygen atoms in total. The molecular weight excluding hydrogens is 257 g/mol. The van der Waals surface area contributed by atoms with Crippen molar-refractivity contribution >= 4 is 0 Å². The average molecular weight is 275 g/mol. The first-order valence-corrected chi connectivity index (χ1v) is 6.90. The van der Waals surface area contributed by atoms with Crippen molar-refractivity contribution in [2.45, 2.75) is 25.3 Å². The summed E-state index contributed by atoms with van der Waals surface area (Å²) in [5.41, 5.74) is 1.60. The zero-order chi connectivity index (χ0) is 13.9. The van der Waals surface area contributed by atoms with Gasteiger partial charge in [-0.1, -0.05) is 6.42 Å². The van der Waals surface area contributed by atoms with Gasteiger partial charge in [0, 0.05) is 5.56 Å². The predicted octanol–water partition coefficient (Wildman–Crippen LogP) is 3.04. The summed E-state index contributed by atoms with van der Waals surface area (Å²) >= 11 is 0. The summed E-state index contributed by atoms with van der Waals surface area (Å²) in [5.74, 6) is 0.815. The first-order chi connectivity index (χ1) is 9.78. The van der Waals surface area contributed by atoms with Gasteiger partial charge >= 0.3 is 0 Å². The number of halogens is 1. The molecule has 0 saturated carbocycles. The molecule has 0 radical (unpaired) electrons. The smallest absolute Gasteiger partial charge is 0.165 e. The molecule has 1 aliphatic heterocycles. The average Bonchev–Trinajstić information content (AvgIpc) is 2.98. The minimum Gasteiger partial charge on any atom is -0.494 e. The second-order valence-corrected chi connectivity index (χ2v) is 5.03. The molecule has 0 amide bonds. The van der Waals surface area contributed by atoms with E-state index in [4.69, 9.17) is 4.74 Å². The third-order valence-corrected chi connectivity index (χ3v) is 3.70. The Morgan fingerprint density at radius 1 is 1.35 bits per heavy atom. The lowest BCUT2D eigenvalue weighted by Gasteiger charge is -2.21. The number of ether oxygens (including phenoxy) is 1. The molecule has 0 spiro atoms. The molecule has 1 aromatic heterocycles. The lowest BCUT2D eigenvalue weighted by Crippen LogP contribution is -2.27. The van der Waals surface area contributed by atoms with E-state index in [-0.39, 0.29) is 17.6 Å². The SMILES string of the molecule is COc1ccc(-c2cnc(C3CCCCN3)[nH]2)cc1F. The second kappa shape index (κ2) is 5.63. The molecule has 5 heteroatoms. The highest BCUT2D eigenvalue weighted by Crippen LogP contribution is 2.26. The maximum Gasteiger partial charge on any atom is 0.165 e. The molecule has 3 rings (SSSR count). The van der Waals surface area contributed by atoms with Gasteiger partial charge in [0.25, 0.3) is 0 Å². The molecule has 1 atom stereocenters. The van der Waals surface area contributed by atoms with Crippen LogP contribution in [0, 0.1) is 5.82 Å². The Labute approximate surface area is 117 Å². The van der Waals surface area contributed by atoms with Crippen molar-refractivity contribution < 1.29 is 9.13 Å². The van der Waals surface area contributed by atoms with Gasteiger partial charge in [-0.05, 0) is 37.6 Å². The van der Waals surface area contributed by atoms with Crippen LogP contribution in [0.1, 0.15) is 31.1 Å². The lowest BCUT2D eigenvalue weighted by atomic mass is 10.0. The Hall–Kier alpha value is -1.88. The van der Waals surface area contributed by atoms with Gasteiger partial charge in [-0.25, -0.2) is 9.37 Å². The van der Waals surface area contributed by atoms with E-state index >= 15 is 0 Å². The molecule has 1 unspecified atom stereocenters. The number of aromatic amines is 1. The van der Waals surface area contributed by atoms with Crippen LogP contribution in [0.15, 0.2) is 24.4 Å². The standard InChI is InChI=1S/C15H18FN3O/c1-20-14-6-5-10(8-11(14)16)13-9-18-15(19-13)12-4-2-3-7-17-12/h5-6,8-9,12,17H,2-4,7H2,1H3,(H,18,19). The maximum atomic E-state index is 13.7. The molecule has 0 aliphatic carbocycles. The molecule has 0 bridgehead atoms. The van der Waals surface area contributed by atoms with Gasteiger partial charge in [-0.3, -0.25) is 0 Å². The van der Waals surface area contributed by atoms with E-state index in [2.05, 4.69) is 15.3 Å². The molecule has 1 fully saturated rings. The molecule has 2 heterocycles. The minimum absolute atomic E-state index is 0.252. The lowest BCUT2D eigenvalue weighted by molar-refractivity contribution is 0.386. The zero-order valence-electron chi connectivity index (χ0n) is 11.4. The molecule has 106 valence electrons. The van der Waals surface area contributed by atoms with Gasteiger partial charge in [0.15, 0.2) is 11.6 Å². The maximum absolute atomic E-state index is 13.7. The number of H-pyrrole nitrogens is 1. The molecule has 1 aliphatic rings. The monoisotopic (exact) mass is 275 g/mol. The summed E-state index contributed by atoms with van der Waals surface area (Å²) in [5, 5.41) is 3.44. The van der Waals surface area contributed by atoms with Crippen LogP contribution in [0.2, 0.25) is 0 Å². The van der Waals surface area contributed by atoms with Gasteiger partial charge in [0.2, 0.25) is 0 Å². The number of piperidine rings is 1. The number of aromatic nitrogens is 2. The van der Waals surface area contributed by atoms with Crippen molar-refractivity contribution in [2.24, 2.45) is 0 Å². The Morgan fingerprint density at radius 2 is 2.25 bits per heavy atom. The van der Waals surface area contributed by atoms with Crippen molar-refractivity contribution in [3.05, 3.63) is 36.0 Å². The zero-order valence-corrected chi connectivity index (χ0v) is 11.4. The van der Waals surface area contributed by atoms with Crippen LogP contribution in [-0.2, 0) is 0 Å². The highest BCUT2D eigenvalue weighted by molar-refractivity contribution is 5.60. The van der Waals surface area contributed by atoms with E-state index in [1.54, 1.807) is 12.3 Å². The van der Waals surface area contributed by atoms with Crippen LogP contribution in [0.4, 0.5) is 4.39 Å². The minimum atomic E-state index is -0.364. The summed E-state index contributed by atoms with van der Waals surface area (Å²) < 4.78 is 18.7. The summed E-state index contributed by atoms with van der Waals surface area (Å²) in [6.45, 7) is 1.03. The largest absolute Gasteiger partial charge is 0.494 e.